The van der Waals surface area contributed by atoms with Crippen LogP contribution in [0.15, 0.2) is 48.5 Å². The lowest BCUT2D eigenvalue weighted by Gasteiger charge is -2.24. The predicted molar refractivity (Wildman–Crippen MR) is 79.2 cm³/mol. The summed E-state index contributed by atoms with van der Waals surface area (Å²) < 4.78 is 19.6. The van der Waals surface area contributed by atoms with Gasteiger partial charge in [0.2, 0.25) is 0 Å². The Bertz CT molecular complexity index is 556. The van der Waals surface area contributed by atoms with Crippen LogP contribution in [0.3, 0.4) is 0 Å². The molecule has 0 bridgehead atoms. The van der Waals surface area contributed by atoms with Crippen molar-refractivity contribution in [2.24, 2.45) is 5.73 Å². The lowest BCUT2D eigenvalue weighted by molar-refractivity contribution is 0.159. The summed E-state index contributed by atoms with van der Waals surface area (Å²) in [5.74, 6) is -0.0856. The molecule has 0 amide bonds. The van der Waals surface area contributed by atoms with Crippen LogP contribution >= 0.6 is 0 Å². The van der Waals surface area contributed by atoms with Crippen molar-refractivity contribution in [3.8, 4) is 5.75 Å². The van der Waals surface area contributed by atoms with Gasteiger partial charge in [-0.15, -0.1) is 0 Å². The number of halogens is 1. The highest BCUT2D eigenvalue weighted by molar-refractivity contribution is 5.30. The topological polar surface area (TPSA) is 35.2 Å². The number of ether oxygens (including phenoxy) is 1. The first-order valence-corrected chi connectivity index (χ1v) is 6.85. The monoisotopic (exact) mass is 273 g/mol. The number of benzene rings is 2. The van der Waals surface area contributed by atoms with Crippen molar-refractivity contribution >= 4 is 0 Å². The van der Waals surface area contributed by atoms with Gasteiger partial charge in [-0.3, -0.25) is 0 Å². The smallest absolute Gasteiger partial charge is 0.165 e. The summed E-state index contributed by atoms with van der Waals surface area (Å²) >= 11 is 0. The van der Waals surface area contributed by atoms with Crippen LogP contribution in [0.4, 0.5) is 4.39 Å². The second kappa shape index (κ2) is 6.53. The van der Waals surface area contributed by atoms with Gasteiger partial charge in [-0.05, 0) is 36.6 Å². The number of rotatable bonds is 5. The molecular formula is C17H20FNO. The van der Waals surface area contributed by atoms with Gasteiger partial charge in [-0.25, -0.2) is 4.39 Å². The standard InChI is InChI=1S/C17H20FNO/c1-3-15(17(19)13-7-5-4-6-8-13)20-16-11-12(2)9-10-14(16)18/h4-11,15,17H,3,19H2,1-2H3. The predicted octanol–water partition coefficient (Wildman–Crippen LogP) is 3.99. The van der Waals surface area contributed by atoms with Gasteiger partial charge in [0, 0.05) is 0 Å². The fraction of sp³-hybridized carbons (Fsp3) is 0.294. The molecule has 2 rings (SSSR count). The van der Waals surface area contributed by atoms with E-state index < -0.39 is 0 Å². The van der Waals surface area contributed by atoms with Gasteiger partial charge < -0.3 is 10.5 Å². The van der Waals surface area contributed by atoms with Crippen molar-refractivity contribution in [2.45, 2.75) is 32.4 Å². The fourth-order valence-electron chi connectivity index (χ4n) is 2.16. The molecule has 20 heavy (non-hydrogen) atoms. The largest absolute Gasteiger partial charge is 0.485 e. The van der Waals surface area contributed by atoms with Crippen LogP contribution in [-0.2, 0) is 0 Å². The van der Waals surface area contributed by atoms with Crippen LogP contribution in [0.25, 0.3) is 0 Å². The minimum atomic E-state index is -0.352. The Kier molecular flexibility index (Phi) is 4.74. The minimum absolute atomic E-state index is 0.256. The van der Waals surface area contributed by atoms with Gasteiger partial charge in [0.25, 0.3) is 0 Å². The average molecular weight is 273 g/mol. The molecule has 0 saturated heterocycles. The Balaban J connectivity index is 2.18. The van der Waals surface area contributed by atoms with Gasteiger partial charge in [0.15, 0.2) is 11.6 Å². The van der Waals surface area contributed by atoms with E-state index in [0.29, 0.717) is 6.42 Å². The first-order valence-electron chi connectivity index (χ1n) is 6.85. The molecule has 2 N–H and O–H groups in total. The molecule has 0 radical (unpaired) electrons. The summed E-state index contributed by atoms with van der Waals surface area (Å²) in [5, 5.41) is 0. The molecule has 0 aliphatic carbocycles. The van der Waals surface area contributed by atoms with Gasteiger partial charge in [-0.1, -0.05) is 43.3 Å². The van der Waals surface area contributed by atoms with Crippen LogP contribution in [0.5, 0.6) is 5.75 Å². The van der Waals surface area contributed by atoms with Crippen LogP contribution < -0.4 is 10.5 Å². The molecule has 0 aromatic heterocycles. The van der Waals surface area contributed by atoms with Gasteiger partial charge in [-0.2, -0.15) is 0 Å². The Morgan fingerprint density at radius 1 is 1.15 bits per heavy atom. The zero-order chi connectivity index (χ0) is 14.5. The lowest BCUT2D eigenvalue weighted by Crippen LogP contribution is -2.31. The molecule has 0 aliphatic rings. The quantitative estimate of drug-likeness (QED) is 0.894. The molecule has 3 heteroatoms. The summed E-state index contributed by atoms with van der Waals surface area (Å²) in [5.41, 5.74) is 8.19. The first kappa shape index (κ1) is 14.5. The molecule has 0 spiro atoms. The van der Waals surface area contributed by atoms with Gasteiger partial charge >= 0.3 is 0 Å². The van der Waals surface area contributed by atoms with E-state index in [1.54, 1.807) is 12.1 Å². The number of aryl methyl sites for hydroxylation is 1. The Morgan fingerprint density at radius 2 is 1.85 bits per heavy atom. The zero-order valence-electron chi connectivity index (χ0n) is 11.8. The Labute approximate surface area is 119 Å². The van der Waals surface area contributed by atoms with E-state index in [-0.39, 0.29) is 23.7 Å². The summed E-state index contributed by atoms with van der Waals surface area (Å²) in [4.78, 5) is 0. The maximum atomic E-state index is 13.8. The van der Waals surface area contributed by atoms with Gasteiger partial charge in [0.1, 0.15) is 6.10 Å². The van der Waals surface area contributed by atoms with E-state index in [9.17, 15) is 4.39 Å². The third kappa shape index (κ3) is 3.36. The maximum absolute atomic E-state index is 13.8. The molecule has 0 aliphatic heterocycles. The molecule has 2 unspecified atom stereocenters. The summed E-state index contributed by atoms with van der Waals surface area (Å²) in [7, 11) is 0. The van der Waals surface area contributed by atoms with Crippen LogP contribution in [-0.4, -0.2) is 6.10 Å². The molecule has 0 heterocycles. The van der Waals surface area contributed by atoms with Crippen molar-refractivity contribution in [3.05, 3.63) is 65.5 Å². The van der Waals surface area contributed by atoms with Crippen molar-refractivity contribution in [3.63, 3.8) is 0 Å². The van der Waals surface area contributed by atoms with Crippen molar-refractivity contribution < 1.29 is 9.13 Å². The molecule has 2 aromatic carbocycles. The van der Waals surface area contributed by atoms with Crippen molar-refractivity contribution in [1.82, 2.24) is 0 Å². The highest BCUT2D eigenvalue weighted by Crippen LogP contribution is 2.25. The minimum Gasteiger partial charge on any atom is -0.485 e. The molecule has 106 valence electrons. The summed E-state index contributed by atoms with van der Waals surface area (Å²) in [6, 6.07) is 14.3. The van der Waals surface area contributed by atoms with E-state index in [2.05, 4.69) is 0 Å². The fourth-order valence-corrected chi connectivity index (χ4v) is 2.16. The SMILES string of the molecule is CCC(Oc1cc(C)ccc1F)C(N)c1ccccc1. The zero-order valence-corrected chi connectivity index (χ0v) is 11.8. The molecule has 2 atom stereocenters. The van der Waals surface area contributed by atoms with E-state index in [0.717, 1.165) is 11.1 Å². The highest BCUT2D eigenvalue weighted by Gasteiger charge is 2.20. The second-order valence-corrected chi connectivity index (χ2v) is 4.93. The van der Waals surface area contributed by atoms with Crippen LogP contribution in [0.1, 0.15) is 30.5 Å². The second-order valence-electron chi connectivity index (χ2n) is 4.93. The number of hydrogen-bond acceptors (Lipinski definition) is 2. The normalized spacial score (nSPS) is 13.8. The highest BCUT2D eigenvalue weighted by atomic mass is 19.1. The van der Waals surface area contributed by atoms with E-state index in [1.165, 1.54) is 6.07 Å². The molecular weight excluding hydrogens is 253 g/mol. The summed E-state index contributed by atoms with van der Waals surface area (Å²) in [6.45, 7) is 3.89. The van der Waals surface area contributed by atoms with E-state index in [1.807, 2.05) is 44.2 Å². The van der Waals surface area contributed by atoms with E-state index >= 15 is 0 Å². The number of hydrogen-bond donors (Lipinski definition) is 1. The Hall–Kier alpha value is -1.87. The van der Waals surface area contributed by atoms with Crippen molar-refractivity contribution in [2.75, 3.05) is 0 Å². The van der Waals surface area contributed by atoms with Gasteiger partial charge in [0.05, 0.1) is 6.04 Å². The van der Waals surface area contributed by atoms with E-state index in [4.69, 9.17) is 10.5 Å². The number of nitrogens with two attached hydrogens (primary N) is 1. The molecule has 0 fully saturated rings. The molecule has 2 aromatic rings. The molecule has 0 saturated carbocycles. The first-order chi connectivity index (χ1) is 9.61. The maximum Gasteiger partial charge on any atom is 0.165 e. The molecule has 2 nitrogen and oxygen atoms in total. The van der Waals surface area contributed by atoms with Crippen molar-refractivity contribution in [1.29, 1.82) is 0 Å². The summed E-state index contributed by atoms with van der Waals surface area (Å²) in [6.07, 6.45) is 0.456. The third-order valence-corrected chi connectivity index (χ3v) is 3.35. The van der Waals surface area contributed by atoms with Crippen LogP contribution in [0.2, 0.25) is 0 Å². The average Bonchev–Trinajstić information content (AvgIpc) is 2.48. The lowest BCUT2D eigenvalue weighted by atomic mass is 10.0. The van der Waals surface area contributed by atoms with Crippen LogP contribution in [0, 0.1) is 12.7 Å². The third-order valence-electron chi connectivity index (χ3n) is 3.35. The Morgan fingerprint density at radius 3 is 2.50 bits per heavy atom.